The Hall–Kier alpha value is -1.51. The van der Waals surface area contributed by atoms with E-state index in [0.29, 0.717) is 0 Å². The van der Waals surface area contributed by atoms with E-state index < -0.39 is 0 Å². The molecule has 0 fully saturated rings. The van der Waals surface area contributed by atoms with Crippen LogP contribution in [0.15, 0.2) is 29.9 Å². The molecule has 0 atom stereocenters. The number of hydrogen-bond acceptors (Lipinski definition) is 2. The van der Waals surface area contributed by atoms with Gasteiger partial charge in [0.2, 0.25) is 0 Å². The van der Waals surface area contributed by atoms with E-state index in [4.69, 9.17) is 10.8 Å². The third-order valence-corrected chi connectivity index (χ3v) is 3.50. The van der Waals surface area contributed by atoms with E-state index in [0.717, 1.165) is 17.9 Å². The van der Waals surface area contributed by atoms with Crippen LogP contribution < -0.4 is 5.73 Å². The van der Waals surface area contributed by atoms with Crippen molar-refractivity contribution in [1.29, 1.82) is 0 Å². The third-order valence-electron chi connectivity index (χ3n) is 3.50. The molecule has 0 saturated heterocycles. The second-order valence-electron chi connectivity index (χ2n) is 6.73. The highest BCUT2D eigenvalue weighted by Gasteiger charge is 2.29. The van der Waals surface area contributed by atoms with Crippen molar-refractivity contribution in [3.63, 3.8) is 0 Å². The summed E-state index contributed by atoms with van der Waals surface area (Å²) in [7, 11) is 0. The molecule has 3 nitrogen and oxygen atoms in total. The van der Waals surface area contributed by atoms with Gasteiger partial charge in [-0.15, -0.1) is 0 Å². The maximum absolute atomic E-state index is 6.14. The SMILES string of the molecule is C/C=C\C(=C/CC)C(C)(C)c1cc(N)n(C(C)(C)C)n1. The summed E-state index contributed by atoms with van der Waals surface area (Å²) in [6.07, 6.45) is 7.51. The van der Waals surface area contributed by atoms with Gasteiger partial charge in [-0.05, 0) is 39.7 Å². The number of aromatic nitrogens is 2. The number of nitrogens with zero attached hydrogens (tertiary/aromatic N) is 2. The summed E-state index contributed by atoms with van der Waals surface area (Å²) in [4.78, 5) is 0. The van der Waals surface area contributed by atoms with Crippen molar-refractivity contribution in [2.45, 2.75) is 65.8 Å². The van der Waals surface area contributed by atoms with Gasteiger partial charge in [-0.3, -0.25) is 0 Å². The lowest BCUT2D eigenvalue weighted by molar-refractivity contribution is 0.355. The third kappa shape index (κ3) is 3.33. The van der Waals surface area contributed by atoms with Crippen LogP contribution >= 0.6 is 0 Å². The van der Waals surface area contributed by atoms with Crippen molar-refractivity contribution in [3.05, 3.63) is 35.6 Å². The smallest absolute Gasteiger partial charge is 0.122 e. The van der Waals surface area contributed by atoms with E-state index in [9.17, 15) is 0 Å². The number of hydrogen-bond donors (Lipinski definition) is 1. The fourth-order valence-electron chi connectivity index (χ4n) is 2.32. The zero-order valence-electron chi connectivity index (χ0n) is 14.0. The minimum Gasteiger partial charge on any atom is -0.384 e. The molecule has 1 aromatic rings. The summed E-state index contributed by atoms with van der Waals surface area (Å²) in [5.41, 5.74) is 8.18. The molecular formula is C17H29N3. The molecule has 0 aliphatic carbocycles. The van der Waals surface area contributed by atoms with Crippen LogP contribution in [0.25, 0.3) is 0 Å². The molecule has 0 aromatic carbocycles. The predicted octanol–water partition coefficient (Wildman–Crippen LogP) is 4.41. The van der Waals surface area contributed by atoms with Crippen molar-refractivity contribution in [3.8, 4) is 0 Å². The highest BCUT2D eigenvalue weighted by Crippen LogP contribution is 2.34. The van der Waals surface area contributed by atoms with Gasteiger partial charge < -0.3 is 5.73 Å². The highest BCUT2D eigenvalue weighted by molar-refractivity contribution is 5.42. The molecule has 2 N–H and O–H groups in total. The van der Waals surface area contributed by atoms with Gasteiger partial charge in [0.05, 0.1) is 11.2 Å². The van der Waals surface area contributed by atoms with Gasteiger partial charge in [0.1, 0.15) is 5.82 Å². The van der Waals surface area contributed by atoms with E-state index >= 15 is 0 Å². The molecule has 1 aromatic heterocycles. The van der Waals surface area contributed by atoms with Crippen LogP contribution in [-0.2, 0) is 11.0 Å². The minimum absolute atomic E-state index is 0.104. The zero-order valence-corrected chi connectivity index (χ0v) is 14.0. The summed E-state index contributed by atoms with van der Waals surface area (Å²) in [5, 5.41) is 4.76. The van der Waals surface area contributed by atoms with Crippen molar-refractivity contribution in [1.82, 2.24) is 9.78 Å². The first-order valence-corrected chi connectivity index (χ1v) is 7.34. The molecule has 1 rings (SSSR count). The molecule has 0 radical (unpaired) electrons. The van der Waals surface area contributed by atoms with E-state index in [2.05, 4.69) is 59.8 Å². The highest BCUT2D eigenvalue weighted by atomic mass is 15.3. The molecule has 3 heteroatoms. The topological polar surface area (TPSA) is 43.8 Å². The summed E-state index contributed by atoms with van der Waals surface area (Å²) in [5.74, 6) is 0.719. The number of rotatable bonds is 4. The van der Waals surface area contributed by atoms with Gasteiger partial charge in [-0.2, -0.15) is 5.10 Å². The Morgan fingerprint density at radius 3 is 2.30 bits per heavy atom. The summed E-state index contributed by atoms with van der Waals surface area (Å²) >= 11 is 0. The maximum Gasteiger partial charge on any atom is 0.122 e. The summed E-state index contributed by atoms with van der Waals surface area (Å²) in [6.45, 7) is 14.9. The van der Waals surface area contributed by atoms with Crippen molar-refractivity contribution >= 4 is 5.82 Å². The first-order valence-electron chi connectivity index (χ1n) is 7.34. The maximum atomic E-state index is 6.14. The van der Waals surface area contributed by atoms with Gasteiger partial charge in [-0.1, -0.05) is 39.0 Å². The largest absolute Gasteiger partial charge is 0.384 e. The molecule has 0 aliphatic heterocycles. The van der Waals surface area contributed by atoms with Crippen LogP contribution in [0.2, 0.25) is 0 Å². The van der Waals surface area contributed by atoms with Gasteiger partial charge in [0.25, 0.3) is 0 Å². The van der Waals surface area contributed by atoms with Crippen LogP contribution in [0.1, 0.15) is 60.6 Å². The Balaban J connectivity index is 3.32. The standard InChI is InChI=1S/C17H29N3/c1-8-10-13(11-9-2)17(6,7)14-12-15(18)20(19-14)16(3,4)5/h8,10-12H,9,18H2,1-7H3/b10-8-,13-11+. The monoisotopic (exact) mass is 275 g/mol. The van der Waals surface area contributed by atoms with E-state index in [1.165, 1.54) is 5.57 Å². The number of allylic oxidation sites excluding steroid dienone is 4. The van der Waals surface area contributed by atoms with Crippen LogP contribution in [-0.4, -0.2) is 9.78 Å². The molecule has 112 valence electrons. The summed E-state index contributed by atoms with van der Waals surface area (Å²) in [6, 6.07) is 2.00. The fourth-order valence-corrected chi connectivity index (χ4v) is 2.32. The Labute approximate surface area is 123 Å². The van der Waals surface area contributed by atoms with Crippen LogP contribution in [0.4, 0.5) is 5.82 Å². The van der Waals surface area contributed by atoms with Crippen molar-refractivity contribution in [2.75, 3.05) is 5.73 Å². The van der Waals surface area contributed by atoms with E-state index in [-0.39, 0.29) is 11.0 Å². The second-order valence-corrected chi connectivity index (χ2v) is 6.73. The molecule has 1 heterocycles. The van der Waals surface area contributed by atoms with Crippen LogP contribution in [0.3, 0.4) is 0 Å². The Bertz CT molecular complexity index is 511. The van der Waals surface area contributed by atoms with Gasteiger partial charge in [-0.25, -0.2) is 4.68 Å². The lowest BCUT2D eigenvalue weighted by Crippen LogP contribution is -2.26. The Morgan fingerprint density at radius 2 is 1.90 bits per heavy atom. The Morgan fingerprint density at radius 1 is 1.30 bits per heavy atom. The van der Waals surface area contributed by atoms with E-state index in [1.54, 1.807) is 0 Å². The number of anilines is 1. The summed E-state index contributed by atoms with van der Waals surface area (Å²) < 4.78 is 1.91. The van der Waals surface area contributed by atoms with Gasteiger partial charge >= 0.3 is 0 Å². The minimum atomic E-state index is -0.146. The molecular weight excluding hydrogens is 246 g/mol. The molecule has 0 saturated carbocycles. The van der Waals surface area contributed by atoms with Crippen molar-refractivity contribution in [2.24, 2.45) is 0 Å². The van der Waals surface area contributed by atoms with Crippen LogP contribution in [0, 0.1) is 0 Å². The van der Waals surface area contributed by atoms with E-state index in [1.807, 2.05) is 17.7 Å². The van der Waals surface area contributed by atoms with Crippen LogP contribution in [0.5, 0.6) is 0 Å². The molecule has 0 aliphatic rings. The normalized spacial score (nSPS) is 14.2. The van der Waals surface area contributed by atoms with Crippen molar-refractivity contribution < 1.29 is 0 Å². The molecule has 20 heavy (non-hydrogen) atoms. The predicted molar refractivity (Wildman–Crippen MR) is 87.8 cm³/mol. The average molecular weight is 275 g/mol. The zero-order chi connectivity index (χ0) is 15.6. The average Bonchev–Trinajstić information content (AvgIpc) is 2.71. The first-order chi connectivity index (χ1) is 9.14. The van der Waals surface area contributed by atoms with Gasteiger partial charge in [0.15, 0.2) is 0 Å². The quantitative estimate of drug-likeness (QED) is 0.827. The number of nitrogen functional groups attached to an aromatic ring is 1. The molecule has 0 bridgehead atoms. The second kappa shape index (κ2) is 5.86. The molecule has 0 unspecified atom stereocenters. The first kappa shape index (κ1) is 16.5. The fraction of sp³-hybridized carbons (Fsp3) is 0.588. The molecule has 0 spiro atoms. The van der Waals surface area contributed by atoms with Gasteiger partial charge in [0, 0.05) is 11.5 Å². The molecule has 0 amide bonds. The number of nitrogens with two attached hydrogens (primary N) is 1. The lowest BCUT2D eigenvalue weighted by atomic mass is 9.80. The lowest BCUT2D eigenvalue weighted by Gasteiger charge is -2.25. The Kier molecular flexibility index (Phi) is 4.85.